The van der Waals surface area contributed by atoms with Crippen LogP contribution in [0.4, 0.5) is 10.1 Å². The SMILES string of the molecule is CCC(C)C.Cc1ccc(N2CCN(CCc3ccc(C#N)cc3)C[C@H]2c2ccc(F)cc2)c(O)c1. The first-order valence-electron chi connectivity index (χ1n) is 12.8. The van der Waals surface area contributed by atoms with E-state index in [1.165, 1.54) is 24.1 Å². The van der Waals surface area contributed by atoms with Crippen LogP contribution in [0.3, 0.4) is 0 Å². The third-order valence-electron chi connectivity index (χ3n) is 6.78. The molecule has 190 valence electrons. The summed E-state index contributed by atoms with van der Waals surface area (Å²) >= 11 is 0. The van der Waals surface area contributed by atoms with Crippen LogP contribution in [0.5, 0.6) is 5.75 Å². The van der Waals surface area contributed by atoms with Crippen molar-refractivity contribution in [2.75, 3.05) is 31.1 Å². The molecule has 0 spiro atoms. The van der Waals surface area contributed by atoms with Crippen LogP contribution in [-0.4, -0.2) is 36.2 Å². The number of benzene rings is 3. The van der Waals surface area contributed by atoms with E-state index in [4.69, 9.17) is 5.26 Å². The third-order valence-corrected chi connectivity index (χ3v) is 6.78. The number of hydrogen-bond acceptors (Lipinski definition) is 4. The van der Waals surface area contributed by atoms with Crippen molar-refractivity contribution in [3.63, 3.8) is 0 Å². The first kappa shape index (κ1) is 27.2. The molecule has 1 aliphatic heterocycles. The number of anilines is 1. The molecule has 0 saturated carbocycles. The van der Waals surface area contributed by atoms with E-state index in [9.17, 15) is 9.50 Å². The summed E-state index contributed by atoms with van der Waals surface area (Å²) in [4.78, 5) is 4.63. The molecule has 1 aliphatic rings. The third kappa shape index (κ3) is 7.57. The first-order chi connectivity index (χ1) is 17.3. The number of nitrogens with zero attached hydrogens (tertiary/aromatic N) is 3. The van der Waals surface area contributed by atoms with E-state index in [1.807, 2.05) is 55.5 Å². The Bertz CT molecular complexity index is 1140. The van der Waals surface area contributed by atoms with Gasteiger partial charge in [-0.05, 0) is 72.4 Å². The number of phenols is 1. The highest BCUT2D eigenvalue weighted by atomic mass is 19.1. The molecule has 4 rings (SSSR count). The lowest BCUT2D eigenvalue weighted by atomic mass is 10.00. The van der Waals surface area contributed by atoms with Gasteiger partial charge in [-0.15, -0.1) is 0 Å². The van der Waals surface area contributed by atoms with E-state index in [0.29, 0.717) is 5.56 Å². The molecule has 0 radical (unpaired) electrons. The fourth-order valence-electron chi connectivity index (χ4n) is 4.21. The van der Waals surface area contributed by atoms with Crippen LogP contribution in [0.1, 0.15) is 55.5 Å². The molecule has 0 aliphatic carbocycles. The molecule has 1 N–H and O–H groups in total. The Morgan fingerprint density at radius 2 is 1.69 bits per heavy atom. The molecule has 0 bridgehead atoms. The highest BCUT2D eigenvalue weighted by Gasteiger charge is 2.29. The molecule has 5 heteroatoms. The lowest BCUT2D eigenvalue weighted by Crippen LogP contribution is -2.49. The van der Waals surface area contributed by atoms with Gasteiger partial charge in [0.15, 0.2) is 0 Å². The monoisotopic (exact) mass is 487 g/mol. The van der Waals surface area contributed by atoms with Crippen molar-refractivity contribution >= 4 is 5.69 Å². The van der Waals surface area contributed by atoms with Crippen molar-refractivity contribution in [2.24, 2.45) is 5.92 Å². The number of aryl methyl sites for hydroxylation is 1. The van der Waals surface area contributed by atoms with E-state index < -0.39 is 0 Å². The zero-order valence-corrected chi connectivity index (χ0v) is 21.9. The van der Waals surface area contributed by atoms with Gasteiger partial charge in [0.25, 0.3) is 0 Å². The number of phenolic OH excluding ortho intramolecular Hbond substituents is 1. The van der Waals surface area contributed by atoms with Crippen LogP contribution in [0.25, 0.3) is 0 Å². The van der Waals surface area contributed by atoms with Crippen molar-refractivity contribution in [3.05, 3.63) is 94.8 Å². The Hall–Kier alpha value is -3.36. The Balaban J connectivity index is 0.000000658. The number of aromatic hydroxyl groups is 1. The Labute approximate surface area is 215 Å². The number of hydrogen-bond donors (Lipinski definition) is 1. The van der Waals surface area contributed by atoms with E-state index in [-0.39, 0.29) is 17.6 Å². The van der Waals surface area contributed by atoms with Crippen LogP contribution in [-0.2, 0) is 6.42 Å². The van der Waals surface area contributed by atoms with Gasteiger partial charge in [-0.1, -0.05) is 57.5 Å². The van der Waals surface area contributed by atoms with Crippen LogP contribution in [0.15, 0.2) is 66.7 Å². The minimum atomic E-state index is -0.248. The lowest BCUT2D eigenvalue weighted by Gasteiger charge is -2.43. The molecule has 3 aromatic carbocycles. The van der Waals surface area contributed by atoms with Crippen molar-refractivity contribution < 1.29 is 9.50 Å². The van der Waals surface area contributed by atoms with Gasteiger partial charge < -0.3 is 10.0 Å². The molecular formula is C31H38FN3O. The van der Waals surface area contributed by atoms with E-state index in [1.54, 1.807) is 6.07 Å². The summed E-state index contributed by atoms with van der Waals surface area (Å²) in [7, 11) is 0. The molecule has 1 atom stereocenters. The molecular weight excluding hydrogens is 449 g/mol. The Kier molecular flexibility index (Phi) is 9.90. The van der Waals surface area contributed by atoms with Crippen LogP contribution < -0.4 is 4.90 Å². The number of halogens is 1. The van der Waals surface area contributed by atoms with Gasteiger partial charge >= 0.3 is 0 Å². The second-order valence-corrected chi connectivity index (χ2v) is 9.91. The van der Waals surface area contributed by atoms with Gasteiger partial charge in [0.05, 0.1) is 23.4 Å². The maximum Gasteiger partial charge on any atom is 0.139 e. The maximum atomic E-state index is 13.5. The molecule has 1 saturated heterocycles. The van der Waals surface area contributed by atoms with Crippen molar-refractivity contribution in [3.8, 4) is 11.8 Å². The molecule has 3 aromatic rings. The number of rotatable bonds is 6. The van der Waals surface area contributed by atoms with Crippen LogP contribution in [0, 0.1) is 30.0 Å². The zero-order valence-electron chi connectivity index (χ0n) is 21.9. The predicted molar refractivity (Wildman–Crippen MR) is 146 cm³/mol. The van der Waals surface area contributed by atoms with Gasteiger partial charge in [0, 0.05) is 26.2 Å². The summed E-state index contributed by atoms with van der Waals surface area (Å²) in [5, 5.41) is 19.5. The average Bonchev–Trinajstić information content (AvgIpc) is 2.88. The fourth-order valence-corrected chi connectivity index (χ4v) is 4.21. The molecule has 0 aromatic heterocycles. The highest BCUT2D eigenvalue weighted by Crippen LogP contribution is 2.36. The summed E-state index contributed by atoms with van der Waals surface area (Å²) in [6.45, 7) is 11.9. The maximum absolute atomic E-state index is 13.5. The largest absolute Gasteiger partial charge is 0.506 e. The van der Waals surface area contributed by atoms with Gasteiger partial charge in [-0.25, -0.2) is 4.39 Å². The zero-order chi connectivity index (χ0) is 26.1. The standard InChI is InChI=1S/C26H26FN3O.C5H12/c1-19-2-11-24(26(31)16-19)30-15-14-29(13-12-20-3-5-21(17-28)6-4-20)18-25(30)22-7-9-23(27)10-8-22;1-4-5(2)3/h2-11,16,25,31H,12-15,18H2,1H3;5H,4H2,1-3H3/t25-;/m0./s1. The topological polar surface area (TPSA) is 50.5 Å². The average molecular weight is 488 g/mol. The Morgan fingerprint density at radius 3 is 2.28 bits per heavy atom. The summed E-state index contributed by atoms with van der Waals surface area (Å²) < 4.78 is 13.5. The highest BCUT2D eigenvalue weighted by molar-refractivity contribution is 5.60. The lowest BCUT2D eigenvalue weighted by molar-refractivity contribution is 0.225. The molecule has 0 unspecified atom stereocenters. The van der Waals surface area contributed by atoms with Gasteiger partial charge in [0.1, 0.15) is 11.6 Å². The van der Waals surface area contributed by atoms with Gasteiger partial charge in [-0.3, -0.25) is 4.90 Å². The van der Waals surface area contributed by atoms with Gasteiger partial charge in [0.2, 0.25) is 0 Å². The number of piperazine rings is 1. The predicted octanol–water partition coefficient (Wildman–Crippen LogP) is 6.87. The number of nitriles is 1. The van der Waals surface area contributed by atoms with Crippen LogP contribution in [0.2, 0.25) is 0 Å². The molecule has 4 nitrogen and oxygen atoms in total. The van der Waals surface area contributed by atoms with Crippen molar-refractivity contribution in [2.45, 2.75) is 46.6 Å². The van der Waals surface area contributed by atoms with E-state index in [0.717, 1.165) is 55.3 Å². The fraction of sp³-hybridized carbons (Fsp3) is 0.387. The summed E-state index contributed by atoms with van der Waals surface area (Å²) in [5.41, 5.74) is 4.74. The van der Waals surface area contributed by atoms with Crippen LogP contribution >= 0.6 is 0 Å². The smallest absolute Gasteiger partial charge is 0.139 e. The van der Waals surface area contributed by atoms with Gasteiger partial charge in [-0.2, -0.15) is 5.26 Å². The second-order valence-electron chi connectivity index (χ2n) is 9.91. The summed E-state index contributed by atoms with van der Waals surface area (Å²) in [6.07, 6.45) is 2.21. The molecule has 1 fully saturated rings. The molecule has 1 heterocycles. The quantitative estimate of drug-likeness (QED) is 0.412. The normalized spacial score (nSPS) is 15.8. The van der Waals surface area contributed by atoms with E-state index >= 15 is 0 Å². The molecule has 36 heavy (non-hydrogen) atoms. The van der Waals surface area contributed by atoms with E-state index in [2.05, 4.69) is 36.6 Å². The minimum absolute atomic E-state index is 0.0175. The first-order valence-corrected chi connectivity index (χ1v) is 12.8. The van der Waals surface area contributed by atoms with Crippen molar-refractivity contribution in [1.82, 2.24) is 4.90 Å². The Morgan fingerprint density at radius 1 is 1.03 bits per heavy atom. The summed E-state index contributed by atoms with van der Waals surface area (Å²) in [5.74, 6) is 0.912. The molecule has 0 amide bonds. The second kappa shape index (κ2) is 13.1. The summed E-state index contributed by atoms with van der Waals surface area (Å²) in [6, 6.07) is 22.3. The van der Waals surface area contributed by atoms with Crippen molar-refractivity contribution in [1.29, 1.82) is 5.26 Å². The minimum Gasteiger partial charge on any atom is -0.506 e.